The van der Waals surface area contributed by atoms with Crippen molar-refractivity contribution < 1.29 is 9.59 Å². The number of rotatable bonds is 2. The molecule has 6 nitrogen and oxygen atoms in total. The number of hydrogen-bond donors (Lipinski definition) is 0. The number of piperidine rings is 1. The van der Waals surface area contributed by atoms with Crippen LogP contribution in [-0.4, -0.2) is 70.5 Å². The van der Waals surface area contributed by atoms with Crippen molar-refractivity contribution >= 4 is 22.8 Å². The fourth-order valence-corrected chi connectivity index (χ4v) is 4.23. The Hall–Kier alpha value is -2.50. The van der Waals surface area contributed by atoms with Gasteiger partial charge in [0, 0.05) is 50.5 Å². The van der Waals surface area contributed by atoms with Crippen LogP contribution in [0.4, 0.5) is 4.79 Å². The van der Waals surface area contributed by atoms with Crippen molar-refractivity contribution in [3.8, 4) is 0 Å². The van der Waals surface area contributed by atoms with Crippen molar-refractivity contribution in [2.75, 3.05) is 39.3 Å². The number of urea groups is 1. The van der Waals surface area contributed by atoms with E-state index in [0.29, 0.717) is 32.7 Å². The summed E-state index contributed by atoms with van der Waals surface area (Å²) < 4.78 is 2.09. The average Bonchev–Trinajstić information content (AvgIpc) is 3.03. The van der Waals surface area contributed by atoms with Crippen LogP contribution in [0.2, 0.25) is 0 Å². The number of amides is 3. The largest absolute Gasteiger partial charge is 0.338 e. The summed E-state index contributed by atoms with van der Waals surface area (Å²) in [6.45, 7) is 6.66. The first-order valence-electron chi connectivity index (χ1n) is 10.00. The third kappa shape index (κ3) is 3.66. The van der Waals surface area contributed by atoms with E-state index >= 15 is 0 Å². The summed E-state index contributed by atoms with van der Waals surface area (Å²) >= 11 is 0. The molecule has 0 spiro atoms. The number of aromatic nitrogens is 1. The minimum Gasteiger partial charge on any atom is -0.338 e. The minimum atomic E-state index is 0.129. The van der Waals surface area contributed by atoms with Gasteiger partial charge in [-0.15, -0.1) is 0 Å². The lowest BCUT2D eigenvalue weighted by Crippen LogP contribution is -2.55. The molecule has 3 heterocycles. The number of fused-ring (bicyclic) bond motifs is 1. The first kappa shape index (κ1) is 17.9. The second kappa shape index (κ2) is 7.62. The summed E-state index contributed by atoms with van der Waals surface area (Å²) in [5.41, 5.74) is 2.20. The van der Waals surface area contributed by atoms with Crippen molar-refractivity contribution in [2.24, 2.45) is 0 Å². The highest BCUT2D eigenvalue weighted by molar-refractivity contribution is 5.84. The second-order valence-electron chi connectivity index (χ2n) is 7.63. The molecular weight excluding hydrogens is 340 g/mol. The Morgan fingerprint density at radius 3 is 2.22 bits per heavy atom. The van der Waals surface area contributed by atoms with Gasteiger partial charge in [-0.25, -0.2) is 4.79 Å². The standard InChI is InChI=1S/C21H28N4O2/c1-17-15-18-7-3-4-8-19(18)25(17)16-20(26)22-11-13-24(14-12-22)21(27)23-9-5-2-6-10-23/h3-4,7-8,15H,2,5-6,9-14,16H2,1H3. The molecule has 1 aromatic heterocycles. The predicted octanol–water partition coefficient (Wildman–Crippen LogP) is 2.70. The zero-order valence-electron chi connectivity index (χ0n) is 16.1. The number of likely N-dealkylation sites (tertiary alicyclic amines) is 1. The molecule has 0 saturated carbocycles. The summed E-state index contributed by atoms with van der Waals surface area (Å²) in [4.78, 5) is 31.2. The van der Waals surface area contributed by atoms with Gasteiger partial charge in [-0.3, -0.25) is 4.79 Å². The fraction of sp³-hybridized carbons (Fsp3) is 0.524. The minimum absolute atomic E-state index is 0.129. The van der Waals surface area contributed by atoms with Gasteiger partial charge in [-0.05, 0) is 43.7 Å². The molecule has 2 fully saturated rings. The van der Waals surface area contributed by atoms with Gasteiger partial charge in [-0.1, -0.05) is 18.2 Å². The second-order valence-corrected chi connectivity index (χ2v) is 7.63. The van der Waals surface area contributed by atoms with Crippen LogP contribution in [0.3, 0.4) is 0 Å². The van der Waals surface area contributed by atoms with Crippen molar-refractivity contribution in [1.29, 1.82) is 0 Å². The highest BCUT2D eigenvalue weighted by Crippen LogP contribution is 2.20. The van der Waals surface area contributed by atoms with E-state index in [9.17, 15) is 9.59 Å². The predicted molar refractivity (Wildman–Crippen MR) is 106 cm³/mol. The molecule has 2 saturated heterocycles. The maximum Gasteiger partial charge on any atom is 0.320 e. The van der Waals surface area contributed by atoms with Crippen LogP contribution in [0.25, 0.3) is 10.9 Å². The van der Waals surface area contributed by atoms with Gasteiger partial charge >= 0.3 is 6.03 Å². The fourth-order valence-electron chi connectivity index (χ4n) is 4.23. The number of benzene rings is 1. The lowest BCUT2D eigenvalue weighted by molar-refractivity contribution is -0.133. The van der Waals surface area contributed by atoms with Gasteiger partial charge in [0.15, 0.2) is 0 Å². The van der Waals surface area contributed by atoms with Crippen LogP contribution in [0, 0.1) is 6.92 Å². The number of aryl methyl sites for hydroxylation is 1. The van der Waals surface area contributed by atoms with E-state index < -0.39 is 0 Å². The molecule has 4 rings (SSSR count). The molecule has 0 atom stereocenters. The molecule has 0 bridgehead atoms. The van der Waals surface area contributed by atoms with Crippen molar-refractivity contribution in [2.45, 2.75) is 32.7 Å². The van der Waals surface area contributed by atoms with E-state index in [1.54, 1.807) is 0 Å². The van der Waals surface area contributed by atoms with Crippen LogP contribution in [-0.2, 0) is 11.3 Å². The van der Waals surface area contributed by atoms with Gasteiger partial charge in [0.05, 0.1) is 0 Å². The first-order chi connectivity index (χ1) is 13.1. The van der Waals surface area contributed by atoms with E-state index in [1.807, 2.05) is 33.8 Å². The lowest BCUT2D eigenvalue weighted by Gasteiger charge is -2.38. The normalized spacial score (nSPS) is 18.2. The molecule has 3 amide bonds. The molecule has 6 heteroatoms. The summed E-state index contributed by atoms with van der Waals surface area (Å²) in [5, 5.41) is 1.17. The zero-order chi connectivity index (χ0) is 18.8. The van der Waals surface area contributed by atoms with Gasteiger partial charge in [-0.2, -0.15) is 0 Å². The number of carbonyl (C=O) groups excluding carboxylic acids is 2. The Labute approximate surface area is 160 Å². The first-order valence-corrected chi connectivity index (χ1v) is 10.00. The highest BCUT2D eigenvalue weighted by atomic mass is 16.2. The van der Waals surface area contributed by atoms with E-state index in [0.717, 1.165) is 37.1 Å². The molecule has 0 N–H and O–H groups in total. The maximum absolute atomic E-state index is 12.8. The monoisotopic (exact) mass is 368 g/mol. The Morgan fingerprint density at radius 2 is 1.48 bits per heavy atom. The van der Waals surface area contributed by atoms with Crippen LogP contribution >= 0.6 is 0 Å². The van der Waals surface area contributed by atoms with Gasteiger partial charge in [0.1, 0.15) is 6.54 Å². The molecule has 2 aliphatic heterocycles. The molecule has 144 valence electrons. The van der Waals surface area contributed by atoms with Crippen molar-refractivity contribution in [1.82, 2.24) is 19.3 Å². The topological polar surface area (TPSA) is 48.8 Å². The summed E-state index contributed by atoms with van der Waals surface area (Å²) in [5.74, 6) is 0.129. The molecular formula is C21H28N4O2. The van der Waals surface area contributed by atoms with Crippen LogP contribution in [0.1, 0.15) is 25.0 Å². The Morgan fingerprint density at radius 1 is 0.852 bits per heavy atom. The zero-order valence-corrected chi connectivity index (χ0v) is 16.1. The van der Waals surface area contributed by atoms with Gasteiger partial charge in [0.25, 0.3) is 0 Å². The number of piperazine rings is 1. The summed E-state index contributed by atoms with van der Waals surface area (Å²) in [6, 6.07) is 10.4. The highest BCUT2D eigenvalue weighted by Gasteiger charge is 2.28. The smallest absolute Gasteiger partial charge is 0.320 e. The van der Waals surface area contributed by atoms with Gasteiger partial charge in [0.2, 0.25) is 5.91 Å². The van der Waals surface area contributed by atoms with Crippen LogP contribution < -0.4 is 0 Å². The Bertz CT molecular complexity index is 830. The summed E-state index contributed by atoms with van der Waals surface area (Å²) in [6.07, 6.45) is 3.43. The van der Waals surface area contributed by atoms with E-state index in [1.165, 1.54) is 11.8 Å². The molecule has 0 radical (unpaired) electrons. The SMILES string of the molecule is Cc1cc2ccccc2n1CC(=O)N1CCN(C(=O)N2CCCCC2)CC1. The third-order valence-corrected chi connectivity index (χ3v) is 5.84. The Balaban J connectivity index is 1.36. The molecule has 0 aliphatic carbocycles. The van der Waals surface area contributed by atoms with E-state index in [2.05, 4.69) is 22.8 Å². The number of nitrogens with zero attached hydrogens (tertiary/aromatic N) is 4. The van der Waals surface area contributed by atoms with Gasteiger partial charge < -0.3 is 19.3 Å². The van der Waals surface area contributed by atoms with Crippen LogP contribution in [0.5, 0.6) is 0 Å². The van der Waals surface area contributed by atoms with E-state index in [-0.39, 0.29) is 11.9 Å². The molecule has 2 aromatic rings. The number of hydrogen-bond acceptors (Lipinski definition) is 2. The van der Waals surface area contributed by atoms with Crippen molar-refractivity contribution in [3.05, 3.63) is 36.0 Å². The quantitative estimate of drug-likeness (QED) is 0.818. The van der Waals surface area contributed by atoms with Crippen molar-refractivity contribution in [3.63, 3.8) is 0 Å². The Kier molecular flexibility index (Phi) is 5.05. The maximum atomic E-state index is 12.8. The number of carbonyl (C=O) groups is 2. The third-order valence-electron chi connectivity index (χ3n) is 5.84. The molecule has 1 aromatic carbocycles. The summed E-state index contributed by atoms with van der Waals surface area (Å²) in [7, 11) is 0. The average molecular weight is 368 g/mol. The van der Waals surface area contributed by atoms with E-state index in [4.69, 9.17) is 0 Å². The molecule has 0 unspecified atom stereocenters. The molecule has 27 heavy (non-hydrogen) atoms. The molecule has 2 aliphatic rings. The lowest BCUT2D eigenvalue weighted by atomic mass is 10.1. The number of para-hydroxylation sites is 1. The van der Waals surface area contributed by atoms with Crippen LogP contribution in [0.15, 0.2) is 30.3 Å².